The first-order chi connectivity index (χ1) is 11.5. The van der Waals surface area contributed by atoms with Crippen LogP contribution in [0.1, 0.15) is 36.6 Å². The van der Waals surface area contributed by atoms with E-state index in [1.165, 1.54) is 6.07 Å². The number of nitrogens with zero attached hydrogens (tertiary/aromatic N) is 1. The molecule has 0 aliphatic carbocycles. The number of nitrogens with one attached hydrogen (secondary N) is 1. The second-order valence-corrected chi connectivity index (χ2v) is 5.96. The van der Waals surface area contributed by atoms with Crippen LogP contribution in [0.3, 0.4) is 0 Å². The summed E-state index contributed by atoms with van der Waals surface area (Å²) in [5.74, 6) is -0.979. The molecular weight excluding hydrogens is 328 g/mol. The summed E-state index contributed by atoms with van der Waals surface area (Å²) in [5.41, 5.74) is 2.09. The van der Waals surface area contributed by atoms with Crippen LogP contribution in [0.5, 0.6) is 0 Å². The lowest BCUT2D eigenvalue weighted by atomic mass is 10.1. The number of hydrogen-bond donors (Lipinski definition) is 1. The van der Waals surface area contributed by atoms with Crippen molar-refractivity contribution >= 4 is 29.3 Å². The molecule has 5 nitrogen and oxygen atoms in total. The number of benzene rings is 2. The van der Waals surface area contributed by atoms with Gasteiger partial charge < -0.3 is 5.32 Å². The Hall–Kier alpha value is -2.66. The Morgan fingerprint density at radius 2 is 1.79 bits per heavy atom. The van der Waals surface area contributed by atoms with Crippen molar-refractivity contribution in [3.63, 3.8) is 0 Å². The lowest BCUT2D eigenvalue weighted by Crippen LogP contribution is -2.38. The monoisotopic (exact) mass is 342 g/mol. The molecule has 3 rings (SSSR count). The van der Waals surface area contributed by atoms with E-state index in [1.54, 1.807) is 24.3 Å². The average Bonchev–Trinajstić information content (AvgIpc) is 2.79. The minimum atomic E-state index is -0.386. The number of fused-ring (bicyclic) bond motifs is 1. The quantitative estimate of drug-likeness (QED) is 0.869. The Kier molecular flexibility index (Phi) is 4.36. The number of hydrogen-bond acceptors (Lipinski definition) is 3. The zero-order valence-electron chi connectivity index (χ0n) is 13.0. The van der Waals surface area contributed by atoms with Crippen molar-refractivity contribution in [2.45, 2.75) is 6.92 Å². The van der Waals surface area contributed by atoms with Gasteiger partial charge in [0, 0.05) is 23.7 Å². The summed E-state index contributed by atoms with van der Waals surface area (Å²) >= 11 is 5.87. The largest absolute Gasteiger partial charge is 0.350 e. The normalized spacial score (nSPS) is 13.2. The third-order valence-electron chi connectivity index (χ3n) is 3.94. The number of amides is 3. The predicted octanol–water partition coefficient (Wildman–Crippen LogP) is 2.67. The highest BCUT2D eigenvalue weighted by Crippen LogP contribution is 2.25. The molecule has 24 heavy (non-hydrogen) atoms. The first-order valence-electron chi connectivity index (χ1n) is 7.48. The van der Waals surface area contributed by atoms with Crippen molar-refractivity contribution in [1.29, 1.82) is 0 Å². The molecule has 1 heterocycles. The van der Waals surface area contributed by atoms with Crippen molar-refractivity contribution < 1.29 is 14.4 Å². The Labute approximate surface area is 144 Å². The highest BCUT2D eigenvalue weighted by Gasteiger charge is 2.35. The Morgan fingerprint density at radius 3 is 2.54 bits per heavy atom. The molecule has 2 aromatic carbocycles. The highest BCUT2D eigenvalue weighted by atomic mass is 35.5. The van der Waals surface area contributed by atoms with E-state index in [9.17, 15) is 14.4 Å². The maximum absolute atomic E-state index is 12.3. The molecule has 0 aromatic heterocycles. The van der Waals surface area contributed by atoms with Crippen LogP contribution >= 0.6 is 11.6 Å². The summed E-state index contributed by atoms with van der Waals surface area (Å²) in [6.45, 7) is 2.15. The number of aryl methyl sites for hydroxylation is 1. The number of rotatable bonds is 4. The van der Waals surface area contributed by atoms with E-state index >= 15 is 0 Å². The van der Waals surface area contributed by atoms with E-state index < -0.39 is 0 Å². The van der Waals surface area contributed by atoms with Gasteiger partial charge in [0.2, 0.25) is 0 Å². The standard InChI is InChI=1S/C18H15ClN2O3/c1-11-4-2-3-5-13(11)16(22)20-8-9-21-17(23)14-7-6-12(19)10-15(14)18(21)24/h2-7,10H,8-9H2,1H3,(H,20,22). The summed E-state index contributed by atoms with van der Waals surface area (Å²) in [5, 5.41) is 3.14. The third kappa shape index (κ3) is 2.90. The van der Waals surface area contributed by atoms with E-state index in [2.05, 4.69) is 5.32 Å². The summed E-state index contributed by atoms with van der Waals surface area (Å²) in [6, 6.07) is 11.8. The van der Waals surface area contributed by atoms with Gasteiger partial charge in [-0.2, -0.15) is 0 Å². The SMILES string of the molecule is Cc1ccccc1C(=O)NCCN1C(=O)c2ccc(Cl)cc2C1=O. The second-order valence-electron chi connectivity index (χ2n) is 5.52. The highest BCUT2D eigenvalue weighted by molar-refractivity contribution is 6.32. The summed E-state index contributed by atoms with van der Waals surface area (Å²) < 4.78 is 0. The molecule has 2 aromatic rings. The van der Waals surface area contributed by atoms with Crippen molar-refractivity contribution in [3.05, 3.63) is 69.7 Å². The van der Waals surface area contributed by atoms with Crippen LogP contribution in [-0.2, 0) is 0 Å². The van der Waals surface area contributed by atoms with E-state index in [-0.39, 0.29) is 30.8 Å². The molecule has 1 aliphatic rings. The molecule has 122 valence electrons. The number of halogens is 1. The van der Waals surface area contributed by atoms with Gasteiger partial charge in [-0.1, -0.05) is 29.8 Å². The molecular formula is C18H15ClN2O3. The lowest BCUT2D eigenvalue weighted by molar-refractivity contribution is 0.0650. The second kappa shape index (κ2) is 6.45. The minimum absolute atomic E-state index is 0.113. The molecule has 1 aliphatic heterocycles. The minimum Gasteiger partial charge on any atom is -0.350 e. The van der Waals surface area contributed by atoms with Crippen molar-refractivity contribution in [2.24, 2.45) is 0 Å². The average molecular weight is 343 g/mol. The van der Waals surface area contributed by atoms with Gasteiger partial charge in [-0.15, -0.1) is 0 Å². The fraction of sp³-hybridized carbons (Fsp3) is 0.167. The van der Waals surface area contributed by atoms with Crippen LogP contribution in [0.25, 0.3) is 0 Å². The number of carbonyl (C=O) groups excluding carboxylic acids is 3. The first kappa shape index (κ1) is 16.2. The zero-order valence-corrected chi connectivity index (χ0v) is 13.8. The number of imide groups is 1. The van der Waals surface area contributed by atoms with Crippen LogP contribution in [0.4, 0.5) is 0 Å². The van der Waals surface area contributed by atoms with E-state index in [0.717, 1.165) is 10.5 Å². The van der Waals surface area contributed by atoms with Crippen LogP contribution < -0.4 is 5.32 Å². The van der Waals surface area contributed by atoms with E-state index in [0.29, 0.717) is 21.7 Å². The fourth-order valence-corrected chi connectivity index (χ4v) is 2.84. The van der Waals surface area contributed by atoms with Gasteiger partial charge >= 0.3 is 0 Å². The first-order valence-corrected chi connectivity index (χ1v) is 7.86. The predicted molar refractivity (Wildman–Crippen MR) is 90.3 cm³/mol. The summed E-state index contributed by atoms with van der Waals surface area (Å²) in [4.78, 5) is 37.8. The molecule has 0 saturated heterocycles. The fourth-order valence-electron chi connectivity index (χ4n) is 2.67. The van der Waals surface area contributed by atoms with Crippen molar-refractivity contribution in [1.82, 2.24) is 10.2 Å². The maximum Gasteiger partial charge on any atom is 0.261 e. The Bertz CT molecular complexity index is 848. The molecule has 1 N–H and O–H groups in total. The van der Waals surface area contributed by atoms with Crippen LogP contribution in [0, 0.1) is 6.92 Å². The molecule has 0 atom stereocenters. The molecule has 0 fully saturated rings. The smallest absolute Gasteiger partial charge is 0.261 e. The van der Waals surface area contributed by atoms with Crippen LogP contribution in [0.2, 0.25) is 5.02 Å². The van der Waals surface area contributed by atoms with Crippen molar-refractivity contribution in [3.8, 4) is 0 Å². The Balaban J connectivity index is 1.64. The zero-order chi connectivity index (χ0) is 17.3. The molecule has 0 radical (unpaired) electrons. The Morgan fingerprint density at radius 1 is 1.08 bits per heavy atom. The summed E-state index contributed by atoms with van der Waals surface area (Å²) in [7, 11) is 0. The van der Waals surface area contributed by atoms with E-state index in [4.69, 9.17) is 11.6 Å². The molecule has 6 heteroatoms. The van der Waals surface area contributed by atoms with E-state index in [1.807, 2.05) is 19.1 Å². The van der Waals surface area contributed by atoms with Gasteiger partial charge in [-0.3, -0.25) is 19.3 Å². The molecule has 0 unspecified atom stereocenters. The van der Waals surface area contributed by atoms with Crippen LogP contribution in [-0.4, -0.2) is 35.7 Å². The summed E-state index contributed by atoms with van der Waals surface area (Å²) in [6.07, 6.45) is 0. The van der Waals surface area contributed by atoms with Gasteiger partial charge in [-0.25, -0.2) is 0 Å². The molecule has 0 spiro atoms. The third-order valence-corrected chi connectivity index (χ3v) is 4.18. The molecule has 0 saturated carbocycles. The lowest BCUT2D eigenvalue weighted by Gasteiger charge is -2.14. The van der Waals surface area contributed by atoms with Gasteiger partial charge in [0.1, 0.15) is 0 Å². The molecule has 3 amide bonds. The van der Waals surface area contributed by atoms with Crippen LogP contribution in [0.15, 0.2) is 42.5 Å². The van der Waals surface area contributed by atoms with Crippen molar-refractivity contribution in [2.75, 3.05) is 13.1 Å². The van der Waals surface area contributed by atoms with Gasteiger partial charge in [0.05, 0.1) is 11.1 Å². The topological polar surface area (TPSA) is 66.5 Å². The van der Waals surface area contributed by atoms with Gasteiger partial charge in [0.15, 0.2) is 0 Å². The number of carbonyl (C=O) groups is 3. The molecule has 0 bridgehead atoms. The van der Waals surface area contributed by atoms with Gasteiger partial charge in [-0.05, 0) is 36.8 Å². The van der Waals surface area contributed by atoms with Gasteiger partial charge in [0.25, 0.3) is 17.7 Å². The maximum atomic E-state index is 12.3.